The molecule has 3 heterocycles. The third kappa shape index (κ3) is 5.51. The number of amides is 2. The van der Waals surface area contributed by atoms with E-state index in [4.69, 9.17) is 4.74 Å². The molecule has 4 rings (SSSR count). The molecule has 9 nitrogen and oxygen atoms in total. The number of hydrogen-bond acceptors (Lipinski definition) is 7. The number of hydrogen-bond donors (Lipinski definition) is 2. The van der Waals surface area contributed by atoms with Crippen LogP contribution in [-0.4, -0.2) is 77.1 Å². The first-order chi connectivity index (χ1) is 17.5. The largest absolute Gasteiger partial charge is 0.486 e. The number of anilines is 1. The summed E-state index contributed by atoms with van der Waals surface area (Å²) >= 11 is 0. The SMILES string of the molecule is CN[C@@H](C)C(=O)N[C@H](C(=O)N1CC[C@@H]2[C@H]1[C@@H](Oc1ccc(F)c(F)c1)CN2c1ncccn1)C(C)(C)C. The summed E-state index contributed by atoms with van der Waals surface area (Å²) < 4.78 is 33.6. The van der Waals surface area contributed by atoms with Crippen LogP contribution in [0.15, 0.2) is 36.7 Å². The Hall–Kier alpha value is -3.34. The fourth-order valence-corrected chi connectivity index (χ4v) is 5.00. The molecule has 2 fully saturated rings. The van der Waals surface area contributed by atoms with Gasteiger partial charge in [0.15, 0.2) is 11.6 Å². The molecule has 0 spiro atoms. The molecule has 1 aromatic carbocycles. The van der Waals surface area contributed by atoms with Crippen molar-refractivity contribution in [3.05, 3.63) is 48.3 Å². The maximum Gasteiger partial charge on any atom is 0.246 e. The van der Waals surface area contributed by atoms with E-state index in [0.29, 0.717) is 25.5 Å². The van der Waals surface area contributed by atoms with Gasteiger partial charge in [-0.3, -0.25) is 9.59 Å². The predicted molar refractivity (Wildman–Crippen MR) is 134 cm³/mol. The number of aromatic nitrogens is 2. The number of likely N-dealkylation sites (N-methyl/N-ethyl adjacent to an activating group) is 1. The molecular formula is C26H34F2N6O3. The van der Waals surface area contributed by atoms with Crippen LogP contribution in [0.1, 0.15) is 34.1 Å². The molecule has 2 aliphatic heterocycles. The minimum atomic E-state index is -1.01. The number of nitrogens with zero attached hydrogens (tertiary/aromatic N) is 4. The number of halogens is 2. The van der Waals surface area contributed by atoms with Crippen LogP contribution in [0.5, 0.6) is 5.75 Å². The van der Waals surface area contributed by atoms with E-state index in [-0.39, 0.29) is 23.6 Å². The van der Waals surface area contributed by atoms with E-state index in [1.807, 2.05) is 25.7 Å². The molecule has 2 N–H and O–H groups in total. The van der Waals surface area contributed by atoms with Gasteiger partial charge in [0.05, 0.1) is 24.7 Å². The molecule has 0 aliphatic carbocycles. The van der Waals surface area contributed by atoms with E-state index in [2.05, 4.69) is 20.6 Å². The second-order valence-corrected chi connectivity index (χ2v) is 10.6. The molecule has 200 valence electrons. The summed E-state index contributed by atoms with van der Waals surface area (Å²) in [6.07, 6.45) is 3.38. The van der Waals surface area contributed by atoms with E-state index in [9.17, 15) is 18.4 Å². The molecule has 0 radical (unpaired) electrons. The van der Waals surface area contributed by atoms with E-state index in [0.717, 1.165) is 12.1 Å². The first kappa shape index (κ1) is 26.7. The Labute approximate surface area is 215 Å². The van der Waals surface area contributed by atoms with Gasteiger partial charge in [0.1, 0.15) is 17.9 Å². The minimum Gasteiger partial charge on any atom is -0.486 e. The highest BCUT2D eigenvalue weighted by atomic mass is 19.2. The van der Waals surface area contributed by atoms with Gasteiger partial charge in [0.25, 0.3) is 0 Å². The Balaban J connectivity index is 1.65. The molecule has 2 aromatic rings. The topological polar surface area (TPSA) is 99.7 Å². The van der Waals surface area contributed by atoms with Gasteiger partial charge in [-0.05, 0) is 44.0 Å². The lowest BCUT2D eigenvalue weighted by molar-refractivity contribution is -0.141. The second kappa shape index (κ2) is 10.6. The van der Waals surface area contributed by atoms with Crippen molar-refractivity contribution in [1.29, 1.82) is 0 Å². The lowest BCUT2D eigenvalue weighted by atomic mass is 9.85. The molecule has 5 atom stereocenters. The van der Waals surface area contributed by atoms with Crippen molar-refractivity contribution in [1.82, 2.24) is 25.5 Å². The summed E-state index contributed by atoms with van der Waals surface area (Å²) in [5.74, 6) is -1.79. The van der Waals surface area contributed by atoms with Gasteiger partial charge in [-0.15, -0.1) is 0 Å². The fraction of sp³-hybridized carbons (Fsp3) is 0.538. The van der Waals surface area contributed by atoms with Gasteiger partial charge in [0, 0.05) is 25.0 Å². The number of likely N-dealkylation sites (tertiary alicyclic amines) is 1. The monoisotopic (exact) mass is 516 g/mol. The van der Waals surface area contributed by atoms with Crippen LogP contribution in [0.2, 0.25) is 0 Å². The van der Waals surface area contributed by atoms with Crippen LogP contribution in [0, 0.1) is 17.0 Å². The summed E-state index contributed by atoms with van der Waals surface area (Å²) in [6.45, 7) is 8.24. The van der Waals surface area contributed by atoms with Crippen LogP contribution < -0.4 is 20.3 Å². The van der Waals surface area contributed by atoms with Crippen LogP contribution >= 0.6 is 0 Å². The third-order valence-electron chi connectivity index (χ3n) is 7.07. The summed E-state index contributed by atoms with van der Waals surface area (Å²) in [5.41, 5.74) is -0.560. The lowest BCUT2D eigenvalue weighted by Crippen LogP contribution is -2.59. The zero-order valence-corrected chi connectivity index (χ0v) is 21.7. The number of benzene rings is 1. The van der Waals surface area contributed by atoms with Crippen LogP contribution in [0.4, 0.5) is 14.7 Å². The summed E-state index contributed by atoms with van der Waals surface area (Å²) in [4.78, 5) is 39.2. The summed E-state index contributed by atoms with van der Waals surface area (Å²) in [5, 5.41) is 5.82. The quantitative estimate of drug-likeness (QED) is 0.582. The van der Waals surface area contributed by atoms with Crippen molar-refractivity contribution in [3.63, 3.8) is 0 Å². The highest BCUT2D eigenvalue weighted by Crippen LogP contribution is 2.37. The Kier molecular flexibility index (Phi) is 7.63. The van der Waals surface area contributed by atoms with Crippen LogP contribution in [0.25, 0.3) is 0 Å². The van der Waals surface area contributed by atoms with Crippen molar-refractivity contribution in [3.8, 4) is 5.75 Å². The summed E-state index contributed by atoms with van der Waals surface area (Å²) in [7, 11) is 1.68. The van der Waals surface area contributed by atoms with E-state index < -0.39 is 41.3 Å². The first-order valence-corrected chi connectivity index (χ1v) is 12.4. The lowest BCUT2D eigenvalue weighted by Gasteiger charge is -2.37. The molecule has 37 heavy (non-hydrogen) atoms. The molecule has 0 bridgehead atoms. The number of fused-ring (bicyclic) bond motifs is 1. The molecule has 0 unspecified atom stereocenters. The van der Waals surface area contributed by atoms with Crippen molar-refractivity contribution >= 4 is 17.8 Å². The molecule has 2 aliphatic rings. The van der Waals surface area contributed by atoms with E-state index in [1.54, 1.807) is 37.3 Å². The molecule has 1 aromatic heterocycles. The van der Waals surface area contributed by atoms with Crippen LogP contribution in [0.3, 0.4) is 0 Å². The molecule has 11 heteroatoms. The molecular weight excluding hydrogens is 482 g/mol. The predicted octanol–water partition coefficient (Wildman–Crippen LogP) is 2.13. The zero-order chi connectivity index (χ0) is 26.9. The fourth-order valence-electron chi connectivity index (χ4n) is 5.00. The van der Waals surface area contributed by atoms with Gasteiger partial charge in [-0.25, -0.2) is 18.7 Å². The van der Waals surface area contributed by atoms with Crippen molar-refractivity contribution in [2.45, 2.75) is 64.4 Å². The van der Waals surface area contributed by atoms with Gasteiger partial charge < -0.3 is 25.2 Å². The maximum absolute atomic E-state index is 14.0. The number of rotatable bonds is 7. The van der Waals surface area contributed by atoms with Gasteiger partial charge >= 0.3 is 0 Å². The number of nitrogens with one attached hydrogen (secondary N) is 2. The highest BCUT2D eigenvalue weighted by Gasteiger charge is 2.54. The van der Waals surface area contributed by atoms with E-state index >= 15 is 0 Å². The maximum atomic E-state index is 14.0. The van der Waals surface area contributed by atoms with Gasteiger partial charge in [-0.1, -0.05) is 20.8 Å². The first-order valence-electron chi connectivity index (χ1n) is 12.4. The summed E-state index contributed by atoms with van der Waals surface area (Å²) in [6, 6.07) is 3.31. The minimum absolute atomic E-state index is 0.144. The number of carbonyl (C=O) groups excluding carboxylic acids is 2. The van der Waals surface area contributed by atoms with Crippen molar-refractivity contribution in [2.24, 2.45) is 5.41 Å². The number of ether oxygens (including phenoxy) is 1. The highest BCUT2D eigenvalue weighted by molar-refractivity contribution is 5.90. The normalized spacial score (nSPS) is 22.9. The molecule has 0 saturated carbocycles. The van der Waals surface area contributed by atoms with Gasteiger partial charge in [-0.2, -0.15) is 0 Å². The second-order valence-electron chi connectivity index (χ2n) is 10.6. The molecule has 2 saturated heterocycles. The van der Waals surface area contributed by atoms with E-state index in [1.165, 1.54) is 6.07 Å². The third-order valence-corrected chi connectivity index (χ3v) is 7.07. The van der Waals surface area contributed by atoms with Crippen molar-refractivity contribution in [2.75, 3.05) is 25.0 Å². The average Bonchev–Trinajstić information content (AvgIpc) is 3.45. The smallest absolute Gasteiger partial charge is 0.246 e. The standard InChI is InChI=1S/C26H34F2N6O3/c1-15(29-5)23(35)32-22(26(2,3)4)24(36)33-12-9-19-21(33)20(14-34(19)25-30-10-6-11-31-25)37-16-7-8-17(27)18(28)13-16/h6-8,10-11,13,15,19-22,29H,9,12,14H2,1-5H3,(H,32,35)/t15-,19+,20-,21-,22+/m0/s1. The number of carbonyl (C=O) groups is 2. The Morgan fingerprint density at radius 3 is 2.49 bits per heavy atom. The zero-order valence-electron chi connectivity index (χ0n) is 21.7. The van der Waals surface area contributed by atoms with Crippen LogP contribution in [-0.2, 0) is 9.59 Å². The van der Waals surface area contributed by atoms with Gasteiger partial charge in [0.2, 0.25) is 17.8 Å². The van der Waals surface area contributed by atoms with Crippen molar-refractivity contribution < 1.29 is 23.1 Å². The Morgan fingerprint density at radius 1 is 1.16 bits per heavy atom. The Bertz CT molecular complexity index is 1130. The Morgan fingerprint density at radius 2 is 1.86 bits per heavy atom. The molecule has 2 amide bonds. The average molecular weight is 517 g/mol.